The molecule has 1 aromatic carbocycles. The summed E-state index contributed by atoms with van der Waals surface area (Å²) < 4.78 is 5.53. The average Bonchev–Trinajstić information content (AvgIpc) is 2.82. The van der Waals surface area contributed by atoms with Gasteiger partial charge in [-0.2, -0.15) is 0 Å². The highest BCUT2D eigenvalue weighted by Crippen LogP contribution is 2.61. The summed E-state index contributed by atoms with van der Waals surface area (Å²) >= 11 is 12.9. The lowest BCUT2D eigenvalue weighted by Crippen LogP contribution is -2.35. The van der Waals surface area contributed by atoms with E-state index >= 15 is 0 Å². The van der Waals surface area contributed by atoms with Crippen LogP contribution >= 0.6 is 23.2 Å². The molecular formula is C18H18Cl2N2O2. The highest BCUT2D eigenvalue weighted by atomic mass is 35.5. The molecule has 4 nitrogen and oxygen atoms in total. The molecule has 1 spiro atoms. The van der Waals surface area contributed by atoms with E-state index in [4.69, 9.17) is 39.1 Å². The number of benzene rings is 1. The Morgan fingerprint density at radius 1 is 1.42 bits per heavy atom. The van der Waals surface area contributed by atoms with E-state index in [-0.39, 0.29) is 29.6 Å². The van der Waals surface area contributed by atoms with Gasteiger partial charge in [-0.05, 0) is 49.0 Å². The number of allylic oxidation sites excluding steroid dienone is 2. The first-order valence-corrected chi connectivity index (χ1v) is 8.90. The molecule has 4 rings (SSSR count). The molecule has 0 saturated heterocycles. The van der Waals surface area contributed by atoms with Crippen molar-refractivity contribution in [2.24, 2.45) is 17.1 Å². The van der Waals surface area contributed by atoms with Gasteiger partial charge in [0.15, 0.2) is 5.78 Å². The number of ether oxygens (including phenoxy) is 1. The van der Waals surface area contributed by atoms with Gasteiger partial charge in [0.05, 0.1) is 5.02 Å². The van der Waals surface area contributed by atoms with E-state index in [0.29, 0.717) is 15.8 Å². The largest absolute Gasteiger partial charge is 0.484 e. The molecular weight excluding hydrogens is 347 g/mol. The van der Waals surface area contributed by atoms with E-state index in [1.165, 1.54) is 0 Å². The third-order valence-electron chi connectivity index (χ3n) is 5.54. The predicted molar refractivity (Wildman–Crippen MR) is 95.0 cm³/mol. The van der Waals surface area contributed by atoms with Crippen LogP contribution in [0.1, 0.15) is 36.8 Å². The molecule has 1 saturated carbocycles. The zero-order valence-electron chi connectivity index (χ0n) is 13.1. The van der Waals surface area contributed by atoms with Gasteiger partial charge in [-0.15, -0.1) is 0 Å². The lowest BCUT2D eigenvalue weighted by Gasteiger charge is -2.42. The Bertz CT molecular complexity index is 803. The molecule has 0 amide bonds. The number of carbonyl (C=O) groups is 1. The summed E-state index contributed by atoms with van der Waals surface area (Å²) in [6, 6.07) is 1.90. The summed E-state index contributed by atoms with van der Waals surface area (Å²) in [4.78, 5) is 12.4. The van der Waals surface area contributed by atoms with Crippen LogP contribution in [0.15, 0.2) is 12.1 Å². The van der Waals surface area contributed by atoms with Gasteiger partial charge in [-0.3, -0.25) is 10.2 Å². The van der Waals surface area contributed by atoms with Gasteiger partial charge in [0.25, 0.3) is 0 Å². The smallest absolute Gasteiger partial charge is 0.159 e. The highest BCUT2D eigenvalue weighted by Gasteiger charge is 2.50. The molecule has 1 aromatic rings. The Labute approximate surface area is 150 Å². The summed E-state index contributed by atoms with van der Waals surface area (Å²) in [7, 11) is 0. The van der Waals surface area contributed by atoms with E-state index in [9.17, 15) is 4.79 Å². The van der Waals surface area contributed by atoms with Gasteiger partial charge in [0.2, 0.25) is 0 Å². The molecule has 0 aliphatic heterocycles. The minimum absolute atomic E-state index is 0.0192. The van der Waals surface area contributed by atoms with E-state index in [0.717, 1.165) is 48.8 Å². The Morgan fingerprint density at radius 3 is 2.96 bits per heavy atom. The number of fused-ring (bicyclic) bond motifs is 3. The number of nitrogens with two attached hydrogens (primary N) is 1. The number of rotatable bonds is 3. The second kappa shape index (κ2) is 5.50. The van der Waals surface area contributed by atoms with Crippen LogP contribution in [0.5, 0.6) is 5.75 Å². The monoisotopic (exact) mass is 364 g/mol. The minimum Gasteiger partial charge on any atom is -0.484 e. The molecule has 2 bridgehead atoms. The predicted octanol–water partition coefficient (Wildman–Crippen LogP) is 4.01. The number of nitrogens with one attached hydrogen (secondary N) is 1. The second-order valence-electron chi connectivity index (χ2n) is 7.06. The van der Waals surface area contributed by atoms with Crippen LogP contribution in [-0.4, -0.2) is 18.2 Å². The van der Waals surface area contributed by atoms with Crippen molar-refractivity contribution in [2.75, 3.05) is 6.61 Å². The average molecular weight is 365 g/mol. The van der Waals surface area contributed by atoms with Crippen LogP contribution in [0.2, 0.25) is 10.0 Å². The summed E-state index contributed by atoms with van der Waals surface area (Å²) in [6.45, 7) is -0.0246. The first-order valence-electron chi connectivity index (χ1n) is 8.14. The molecule has 0 radical (unpaired) electrons. The molecule has 3 N–H and O–H groups in total. The van der Waals surface area contributed by atoms with Crippen molar-refractivity contribution in [3.8, 4) is 5.75 Å². The summed E-state index contributed by atoms with van der Waals surface area (Å²) in [5, 5.41) is 8.05. The first-order chi connectivity index (χ1) is 11.4. The fourth-order valence-electron chi connectivity index (χ4n) is 4.56. The van der Waals surface area contributed by atoms with Crippen molar-refractivity contribution in [1.29, 1.82) is 5.41 Å². The molecule has 0 aromatic heterocycles. The van der Waals surface area contributed by atoms with Crippen molar-refractivity contribution in [1.82, 2.24) is 0 Å². The topological polar surface area (TPSA) is 76.2 Å². The third kappa shape index (κ3) is 2.27. The standard InChI is InChI=1S/C18H18Cl2N2O2/c19-16-13(24-8-14(21)22)4-10-7-18-3-1-2-9(6-18)12(23)5-11(18)15(10)17(16)20/h4-5,9H,1-3,6-8H2,(H3,21,22). The fourth-order valence-corrected chi connectivity index (χ4v) is 5.08. The van der Waals surface area contributed by atoms with Crippen molar-refractivity contribution in [2.45, 2.75) is 32.1 Å². The first kappa shape index (κ1) is 16.0. The summed E-state index contributed by atoms with van der Waals surface area (Å²) in [5.74, 6) is 0.750. The van der Waals surface area contributed by atoms with E-state index in [1.807, 2.05) is 6.07 Å². The molecule has 0 heterocycles. The van der Waals surface area contributed by atoms with Gasteiger partial charge in [0, 0.05) is 16.9 Å². The normalized spacial score (nSPS) is 27.3. The van der Waals surface area contributed by atoms with Crippen LogP contribution in [0.25, 0.3) is 5.57 Å². The number of hydrogen-bond acceptors (Lipinski definition) is 3. The van der Waals surface area contributed by atoms with Crippen LogP contribution < -0.4 is 10.5 Å². The van der Waals surface area contributed by atoms with Gasteiger partial charge in [-0.1, -0.05) is 29.6 Å². The summed E-state index contributed by atoms with van der Waals surface area (Å²) in [6.07, 6.45) is 6.71. The quantitative estimate of drug-likeness (QED) is 0.628. The van der Waals surface area contributed by atoms with Crippen LogP contribution in [0.4, 0.5) is 0 Å². The van der Waals surface area contributed by atoms with Crippen LogP contribution in [-0.2, 0) is 11.2 Å². The van der Waals surface area contributed by atoms with Gasteiger partial charge in [-0.25, -0.2) is 0 Å². The molecule has 1 fully saturated rings. The molecule has 3 aliphatic carbocycles. The Morgan fingerprint density at radius 2 is 2.21 bits per heavy atom. The fraction of sp³-hybridized carbons (Fsp3) is 0.444. The number of halogens is 2. The lowest BCUT2D eigenvalue weighted by molar-refractivity contribution is -0.120. The number of carbonyl (C=O) groups excluding carboxylic acids is 1. The van der Waals surface area contributed by atoms with E-state index in [2.05, 4.69) is 0 Å². The van der Waals surface area contributed by atoms with Crippen molar-refractivity contribution in [3.63, 3.8) is 0 Å². The zero-order valence-corrected chi connectivity index (χ0v) is 14.6. The SMILES string of the molecule is N=C(N)COc1cc2c(c(Cl)c1Cl)C1=CC(=O)C3CCCC1(C2)C3. The molecule has 6 heteroatoms. The second-order valence-corrected chi connectivity index (χ2v) is 7.82. The highest BCUT2D eigenvalue weighted by molar-refractivity contribution is 6.44. The Balaban J connectivity index is 1.81. The Kier molecular flexibility index (Phi) is 3.66. The molecule has 2 unspecified atom stereocenters. The maximum atomic E-state index is 12.4. The number of amidine groups is 1. The molecule has 2 atom stereocenters. The maximum Gasteiger partial charge on any atom is 0.159 e. The summed E-state index contributed by atoms with van der Waals surface area (Å²) in [5.41, 5.74) is 8.41. The molecule has 24 heavy (non-hydrogen) atoms. The molecule has 3 aliphatic rings. The molecule has 126 valence electrons. The van der Waals surface area contributed by atoms with Crippen molar-refractivity contribution >= 4 is 40.4 Å². The van der Waals surface area contributed by atoms with Gasteiger partial charge in [0.1, 0.15) is 23.2 Å². The number of hydrogen-bond donors (Lipinski definition) is 2. The number of ketones is 1. The van der Waals surface area contributed by atoms with Gasteiger partial charge < -0.3 is 10.5 Å². The van der Waals surface area contributed by atoms with E-state index < -0.39 is 0 Å². The lowest BCUT2D eigenvalue weighted by atomic mass is 9.61. The van der Waals surface area contributed by atoms with Gasteiger partial charge >= 0.3 is 0 Å². The zero-order chi connectivity index (χ0) is 17.1. The van der Waals surface area contributed by atoms with Crippen molar-refractivity contribution in [3.05, 3.63) is 33.3 Å². The Hall–Kier alpha value is -1.52. The van der Waals surface area contributed by atoms with Crippen LogP contribution in [0.3, 0.4) is 0 Å². The van der Waals surface area contributed by atoms with Crippen LogP contribution in [0, 0.1) is 16.7 Å². The minimum atomic E-state index is -0.0709. The van der Waals surface area contributed by atoms with Crippen molar-refractivity contribution < 1.29 is 9.53 Å². The third-order valence-corrected chi connectivity index (χ3v) is 6.39. The van der Waals surface area contributed by atoms with E-state index in [1.54, 1.807) is 6.08 Å². The maximum absolute atomic E-state index is 12.4.